The zero-order valence-corrected chi connectivity index (χ0v) is 10.2. The number of carboxylic acids is 1. The third kappa shape index (κ3) is 4.39. The standard InChI is InChI=1S/C10H12N2O4S/c1-6(3-9(13)14)17-8-5-11-4-7(12-8)10(15)16-2/h4-6H,3H2,1-2H3,(H,13,14). The predicted molar refractivity (Wildman–Crippen MR) is 60.9 cm³/mol. The molecule has 7 heteroatoms. The normalized spacial score (nSPS) is 11.9. The lowest BCUT2D eigenvalue weighted by atomic mass is 10.3. The molecule has 0 saturated heterocycles. The van der Waals surface area contributed by atoms with Crippen LogP contribution in [0.1, 0.15) is 23.8 Å². The van der Waals surface area contributed by atoms with Gasteiger partial charge in [0.25, 0.3) is 0 Å². The Morgan fingerprint density at radius 3 is 2.82 bits per heavy atom. The minimum absolute atomic E-state index is 0.0226. The van der Waals surface area contributed by atoms with Gasteiger partial charge in [-0.25, -0.2) is 9.78 Å². The van der Waals surface area contributed by atoms with Crippen LogP contribution < -0.4 is 0 Å². The van der Waals surface area contributed by atoms with Crippen LogP contribution in [-0.4, -0.2) is 39.4 Å². The fourth-order valence-corrected chi connectivity index (χ4v) is 2.01. The van der Waals surface area contributed by atoms with Crippen molar-refractivity contribution in [1.29, 1.82) is 0 Å². The SMILES string of the molecule is COC(=O)c1cncc(SC(C)CC(=O)O)n1. The third-order valence-corrected chi connectivity index (χ3v) is 2.80. The quantitative estimate of drug-likeness (QED) is 0.625. The van der Waals surface area contributed by atoms with Crippen LogP contribution in [-0.2, 0) is 9.53 Å². The average molecular weight is 256 g/mol. The van der Waals surface area contributed by atoms with Crippen LogP contribution in [0.4, 0.5) is 0 Å². The second-order valence-corrected chi connectivity index (χ2v) is 4.72. The molecule has 1 aromatic heterocycles. The Balaban J connectivity index is 2.72. The van der Waals surface area contributed by atoms with E-state index in [0.717, 1.165) is 0 Å². The molecule has 0 aliphatic heterocycles. The van der Waals surface area contributed by atoms with E-state index < -0.39 is 11.9 Å². The molecule has 0 aliphatic rings. The Bertz CT molecular complexity index is 425. The molecular weight excluding hydrogens is 244 g/mol. The molecule has 1 aromatic rings. The van der Waals surface area contributed by atoms with Crippen molar-refractivity contribution in [2.45, 2.75) is 23.6 Å². The van der Waals surface area contributed by atoms with E-state index in [-0.39, 0.29) is 17.4 Å². The summed E-state index contributed by atoms with van der Waals surface area (Å²) in [4.78, 5) is 29.6. The number of methoxy groups -OCH3 is 1. The maximum atomic E-state index is 11.2. The van der Waals surface area contributed by atoms with Gasteiger partial charge in [-0.3, -0.25) is 9.78 Å². The molecule has 0 bridgehead atoms. The van der Waals surface area contributed by atoms with Crippen LogP contribution in [0.3, 0.4) is 0 Å². The van der Waals surface area contributed by atoms with Gasteiger partial charge in [-0.05, 0) is 0 Å². The number of hydrogen-bond donors (Lipinski definition) is 1. The first kappa shape index (κ1) is 13.4. The Morgan fingerprint density at radius 2 is 2.24 bits per heavy atom. The molecule has 0 aromatic carbocycles. The molecule has 1 N–H and O–H groups in total. The topological polar surface area (TPSA) is 89.4 Å². The number of thioether (sulfide) groups is 1. The van der Waals surface area contributed by atoms with Crippen LogP contribution in [0.25, 0.3) is 0 Å². The van der Waals surface area contributed by atoms with Gasteiger partial charge in [-0.2, -0.15) is 0 Å². The molecule has 0 amide bonds. The van der Waals surface area contributed by atoms with E-state index in [2.05, 4.69) is 14.7 Å². The first-order valence-electron chi connectivity index (χ1n) is 4.81. The molecule has 0 radical (unpaired) electrons. The van der Waals surface area contributed by atoms with Gasteiger partial charge in [0.2, 0.25) is 0 Å². The maximum absolute atomic E-state index is 11.2. The predicted octanol–water partition coefficient (Wildman–Crippen LogP) is 1.22. The van der Waals surface area contributed by atoms with E-state index in [4.69, 9.17) is 5.11 Å². The van der Waals surface area contributed by atoms with Crippen LogP contribution in [0.5, 0.6) is 0 Å². The van der Waals surface area contributed by atoms with Gasteiger partial charge < -0.3 is 9.84 Å². The van der Waals surface area contributed by atoms with Crippen molar-refractivity contribution in [2.24, 2.45) is 0 Å². The number of aliphatic carboxylic acids is 1. The molecule has 1 rings (SSSR count). The summed E-state index contributed by atoms with van der Waals surface area (Å²) in [5.74, 6) is -1.44. The average Bonchev–Trinajstić information content (AvgIpc) is 2.27. The summed E-state index contributed by atoms with van der Waals surface area (Å²) >= 11 is 1.25. The largest absolute Gasteiger partial charge is 0.481 e. The molecule has 17 heavy (non-hydrogen) atoms. The van der Waals surface area contributed by atoms with Crippen LogP contribution in [0, 0.1) is 0 Å². The number of carbonyl (C=O) groups is 2. The van der Waals surface area contributed by atoms with E-state index in [1.165, 1.54) is 31.3 Å². The summed E-state index contributed by atoms with van der Waals surface area (Å²) in [7, 11) is 1.26. The van der Waals surface area contributed by atoms with E-state index in [9.17, 15) is 9.59 Å². The van der Waals surface area contributed by atoms with Crippen molar-refractivity contribution in [2.75, 3.05) is 7.11 Å². The lowest BCUT2D eigenvalue weighted by Crippen LogP contribution is -2.08. The summed E-state index contributed by atoms with van der Waals surface area (Å²) in [5.41, 5.74) is 0.111. The van der Waals surface area contributed by atoms with Crippen molar-refractivity contribution >= 4 is 23.7 Å². The first-order valence-corrected chi connectivity index (χ1v) is 5.69. The molecule has 0 fully saturated rings. The van der Waals surface area contributed by atoms with Crippen molar-refractivity contribution in [3.8, 4) is 0 Å². The molecular formula is C10H12N2O4S. The van der Waals surface area contributed by atoms with E-state index in [1.54, 1.807) is 6.92 Å². The molecule has 1 heterocycles. The smallest absolute Gasteiger partial charge is 0.358 e. The Labute approximate surface area is 102 Å². The molecule has 1 atom stereocenters. The Kier molecular flexibility index (Phi) is 4.89. The number of ether oxygens (including phenoxy) is 1. The van der Waals surface area contributed by atoms with Gasteiger partial charge in [-0.15, -0.1) is 11.8 Å². The number of carboxylic acid groups (broad SMARTS) is 1. The summed E-state index contributed by atoms with van der Waals surface area (Å²) in [6, 6.07) is 0. The van der Waals surface area contributed by atoms with Crippen molar-refractivity contribution in [3.05, 3.63) is 18.1 Å². The van der Waals surface area contributed by atoms with Gasteiger partial charge in [0.15, 0.2) is 5.69 Å². The fraction of sp³-hybridized carbons (Fsp3) is 0.400. The van der Waals surface area contributed by atoms with Crippen molar-refractivity contribution < 1.29 is 19.4 Å². The van der Waals surface area contributed by atoms with E-state index in [0.29, 0.717) is 5.03 Å². The van der Waals surface area contributed by atoms with Crippen molar-refractivity contribution in [3.63, 3.8) is 0 Å². The van der Waals surface area contributed by atoms with Crippen LogP contribution in [0.15, 0.2) is 17.4 Å². The summed E-state index contributed by atoms with van der Waals surface area (Å²) in [6.07, 6.45) is 2.81. The number of hydrogen-bond acceptors (Lipinski definition) is 6. The van der Waals surface area contributed by atoms with Gasteiger partial charge in [0.1, 0.15) is 5.03 Å². The second kappa shape index (κ2) is 6.19. The lowest BCUT2D eigenvalue weighted by molar-refractivity contribution is -0.136. The number of aromatic nitrogens is 2. The molecule has 0 spiro atoms. The number of rotatable bonds is 5. The second-order valence-electron chi connectivity index (χ2n) is 3.26. The fourth-order valence-electron chi connectivity index (χ4n) is 1.10. The zero-order valence-electron chi connectivity index (χ0n) is 9.41. The maximum Gasteiger partial charge on any atom is 0.358 e. The highest BCUT2D eigenvalue weighted by molar-refractivity contribution is 7.99. The number of esters is 1. The third-order valence-electron chi connectivity index (χ3n) is 1.79. The zero-order chi connectivity index (χ0) is 12.8. The Hall–Kier alpha value is -1.63. The van der Waals surface area contributed by atoms with Gasteiger partial charge in [0, 0.05) is 5.25 Å². The monoisotopic (exact) mass is 256 g/mol. The highest BCUT2D eigenvalue weighted by atomic mass is 32.2. The van der Waals surface area contributed by atoms with Crippen LogP contribution in [0.2, 0.25) is 0 Å². The minimum Gasteiger partial charge on any atom is -0.481 e. The van der Waals surface area contributed by atoms with Crippen LogP contribution >= 0.6 is 11.8 Å². The summed E-state index contributed by atoms with van der Waals surface area (Å²) in [5, 5.41) is 8.98. The number of nitrogens with zero attached hydrogens (tertiary/aromatic N) is 2. The molecule has 1 unspecified atom stereocenters. The van der Waals surface area contributed by atoms with E-state index >= 15 is 0 Å². The lowest BCUT2D eigenvalue weighted by Gasteiger charge is -2.07. The van der Waals surface area contributed by atoms with E-state index in [1.807, 2.05) is 0 Å². The van der Waals surface area contributed by atoms with Gasteiger partial charge in [-0.1, -0.05) is 6.92 Å². The summed E-state index contributed by atoms with van der Waals surface area (Å²) in [6.45, 7) is 1.77. The highest BCUT2D eigenvalue weighted by Gasteiger charge is 2.13. The number of carbonyl (C=O) groups excluding carboxylic acids is 1. The molecule has 92 valence electrons. The Morgan fingerprint density at radius 1 is 1.53 bits per heavy atom. The van der Waals surface area contributed by atoms with Gasteiger partial charge >= 0.3 is 11.9 Å². The van der Waals surface area contributed by atoms with Crippen molar-refractivity contribution in [1.82, 2.24) is 9.97 Å². The summed E-state index contributed by atoms with van der Waals surface area (Å²) < 4.78 is 4.52. The molecule has 6 nitrogen and oxygen atoms in total. The highest BCUT2D eigenvalue weighted by Crippen LogP contribution is 2.22. The minimum atomic E-state index is -0.873. The first-order chi connectivity index (χ1) is 8.02. The molecule has 0 saturated carbocycles. The molecule has 0 aliphatic carbocycles. The van der Waals surface area contributed by atoms with Gasteiger partial charge in [0.05, 0.1) is 25.9 Å².